The van der Waals surface area contributed by atoms with E-state index in [1.807, 2.05) is 0 Å². The first-order valence-electron chi connectivity index (χ1n) is 5.18. The quantitative estimate of drug-likeness (QED) is 0.773. The summed E-state index contributed by atoms with van der Waals surface area (Å²) in [7, 11) is 0. The molecule has 1 aliphatic rings. The first-order valence-corrected chi connectivity index (χ1v) is 5.18. The van der Waals surface area contributed by atoms with E-state index in [1.165, 1.54) is 25.1 Å². The zero-order valence-electron chi connectivity index (χ0n) is 8.44. The summed E-state index contributed by atoms with van der Waals surface area (Å²) in [5, 5.41) is 12.0. The predicted molar refractivity (Wildman–Crippen MR) is 57.0 cm³/mol. The summed E-state index contributed by atoms with van der Waals surface area (Å²) < 4.78 is 0. The van der Waals surface area contributed by atoms with E-state index in [-0.39, 0.29) is 0 Å². The van der Waals surface area contributed by atoms with Crippen LogP contribution >= 0.6 is 0 Å². The highest BCUT2D eigenvalue weighted by Crippen LogP contribution is 2.32. The van der Waals surface area contributed by atoms with Gasteiger partial charge in [-0.15, -0.1) is 0 Å². The Morgan fingerprint density at radius 2 is 2.40 bits per heavy atom. The minimum atomic E-state index is -0.911. The number of anilines is 1. The van der Waals surface area contributed by atoms with Crippen LogP contribution in [0.15, 0.2) is 18.5 Å². The topological polar surface area (TPSA) is 62.2 Å². The maximum absolute atomic E-state index is 10.9. The Kier molecular flexibility index (Phi) is 2.85. The highest BCUT2D eigenvalue weighted by atomic mass is 16.4. The largest absolute Gasteiger partial charge is 0.478 e. The Bertz CT molecular complexity index is 361. The molecule has 0 aliphatic heterocycles. The Morgan fingerprint density at radius 1 is 1.60 bits per heavy atom. The van der Waals surface area contributed by atoms with Crippen molar-refractivity contribution < 1.29 is 9.90 Å². The van der Waals surface area contributed by atoms with Crippen molar-refractivity contribution in [1.29, 1.82) is 0 Å². The molecular weight excluding hydrogens is 192 g/mol. The maximum Gasteiger partial charge on any atom is 0.337 e. The third-order valence-corrected chi connectivity index (χ3v) is 2.62. The molecule has 80 valence electrons. The molecule has 1 aliphatic carbocycles. The van der Waals surface area contributed by atoms with Crippen LogP contribution in [0.1, 0.15) is 29.6 Å². The van der Waals surface area contributed by atoms with Crippen molar-refractivity contribution in [3.05, 3.63) is 24.0 Å². The van der Waals surface area contributed by atoms with Gasteiger partial charge >= 0.3 is 5.97 Å². The van der Waals surface area contributed by atoms with E-state index in [4.69, 9.17) is 5.11 Å². The molecule has 2 N–H and O–H groups in total. The lowest BCUT2D eigenvalue weighted by atomic mass is 10.2. The van der Waals surface area contributed by atoms with Gasteiger partial charge in [0.1, 0.15) is 0 Å². The minimum absolute atomic E-state index is 0.292. The van der Waals surface area contributed by atoms with Crippen molar-refractivity contribution in [3.63, 3.8) is 0 Å². The zero-order chi connectivity index (χ0) is 10.7. The molecule has 0 radical (unpaired) electrons. The lowest BCUT2D eigenvalue weighted by molar-refractivity contribution is 0.0698. The van der Waals surface area contributed by atoms with E-state index in [0.717, 1.165) is 18.9 Å². The number of nitrogens with zero attached hydrogens (tertiary/aromatic N) is 1. The number of carbonyl (C=O) groups is 1. The highest BCUT2D eigenvalue weighted by Gasteiger charge is 2.20. The molecule has 0 saturated heterocycles. The first-order chi connectivity index (χ1) is 7.27. The molecule has 1 aromatic rings. The number of pyridine rings is 1. The van der Waals surface area contributed by atoms with Crippen LogP contribution in [0.5, 0.6) is 0 Å². The average molecular weight is 206 g/mol. The monoisotopic (exact) mass is 206 g/mol. The minimum Gasteiger partial charge on any atom is -0.478 e. The summed E-state index contributed by atoms with van der Waals surface area (Å²) in [6, 6.07) is 1.52. The number of rotatable bonds is 5. The number of hydrogen-bond acceptors (Lipinski definition) is 3. The van der Waals surface area contributed by atoms with Gasteiger partial charge in [-0.05, 0) is 18.4 Å². The molecule has 0 atom stereocenters. The van der Waals surface area contributed by atoms with Gasteiger partial charge in [-0.25, -0.2) is 4.79 Å². The number of hydrogen-bond donors (Lipinski definition) is 2. The molecule has 15 heavy (non-hydrogen) atoms. The van der Waals surface area contributed by atoms with E-state index in [9.17, 15) is 4.79 Å². The van der Waals surface area contributed by atoms with Crippen molar-refractivity contribution in [3.8, 4) is 0 Å². The molecule has 0 aromatic carbocycles. The van der Waals surface area contributed by atoms with Gasteiger partial charge in [0.25, 0.3) is 0 Å². The van der Waals surface area contributed by atoms with Crippen LogP contribution in [0.3, 0.4) is 0 Å². The van der Waals surface area contributed by atoms with E-state index < -0.39 is 5.97 Å². The molecule has 4 heteroatoms. The van der Waals surface area contributed by atoms with Crippen molar-refractivity contribution in [2.24, 2.45) is 5.92 Å². The highest BCUT2D eigenvalue weighted by molar-refractivity contribution is 5.93. The lowest BCUT2D eigenvalue weighted by Gasteiger charge is -2.07. The summed E-state index contributed by atoms with van der Waals surface area (Å²) in [5.41, 5.74) is 0.909. The Hall–Kier alpha value is -1.58. The summed E-state index contributed by atoms with van der Waals surface area (Å²) >= 11 is 0. The number of aromatic nitrogens is 1. The third-order valence-electron chi connectivity index (χ3n) is 2.62. The molecule has 2 rings (SSSR count). The second-order valence-corrected chi connectivity index (χ2v) is 3.89. The van der Waals surface area contributed by atoms with Crippen molar-refractivity contribution >= 4 is 11.7 Å². The van der Waals surface area contributed by atoms with Crippen LogP contribution in [-0.4, -0.2) is 22.6 Å². The van der Waals surface area contributed by atoms with Crippen LogP contribution in [0.2, 0.25) is 0 Å². The molecule has 1 saturated carbocycles. The summed E-state index contributed by atoms with van der Waals surface area (Å²) in [4.78, 5) is 14.8. The fraction of sp³-hybridized carbons (Fsp3) is 0.455. The second-order valence-electron chi connectivity index (χ2n) is 3.89. The third kappa shape index (κ3) is 2.68. The van der Waals surface area contributed by atoms with Gasteiger partial charge < -0.3 is 10.4 Å². The fourth-order valence-corrected chi connectivity index (χ4v) is 1.54. The van der Waals surface area contributed by atoms with Gasteiger partial charge in [-0.1, -0.05) is 12.8 Å². The van der Waals surface area contributed by atoms with E-state index in [0.29, 0.717) is 11.3 Å². The van der Waals surface area contributed by atoms with Crippen molar-refractivity contribution in [2.45, 2.75) is 19.3 Å². The fourth-order valence-electron chi connectivity index (χ4n) is 1.54. The van der Waals surface area contributed by atoms with Crippen LogP contribution in [-0.2, 0) is 0 Å². The van der Waals surface area contributed by atoms with Gasteiger partial charge in [0.2, 0.25) is 0 Å². The van der Waals surface area contributed by atoms with Gasteiger partial charge in [-0.2, -0.15) is 0 Å². The summed E-state index contributed by atoms with van der Waals surface area (Å²) in [6.45, 7) is 0.830. The number of nitrogens with one attached hydrogen (secondary N) is 1. The molecule has 0 bridgehead atoms. The number of carboxylic acids is 1. The molecule has 4 nitrogen and oxygen atoms in total. The smallest absolute Gasteiger partial charge is 0.337 e. The standard InChI is InChI=1S/C11H14N2O2/c14-11(15)9-4-5-12-7-10(9)13-6-3-8-1-2-8/h4-5,7-8,13H,1-3,6H2,(H,14,15). The van der Waals surface area contributed by atoms with Crippen molar-refractivity contribution in [2.75, 3.05) is 11.9 Å². The van der Waals surface area contributed by atoms with Crippen LogP contribution in [0.25, 0.3) is 0 Å². The Morgan fingerprint density at radius 3 is 3.07 bits per heavy atom. The second kappa shape index (κ2) is 4.29. The number of aromatic carboxylic acids is 1. The average Bonchev–Trinajstić information content (AvgIpc) is 3.02. The Balaban J connectivity index is 1.95. The molecular formula is C11H14N2O2. The predicted octanol–water partition coefficient (Wildman–Crippen LogP) is 1.99. The first kappa shape index (κ1) is 9.96. The summed E-state index contributed by atoms with van der Waals surface area (Å²) in [6.07, 6.45) is 6.82. The molecule has 0 spiro atoms. The Labute approximate surface area is 88.3 Å². The molecule has 1 fully saturated rings. The number of carboxylic acid groups (broad SMARTS) is 1. The molecule has 0 unspecified atom stereocenters. The van der Waals surface area contributed by atoms with E-state index in [1.54, 1.807) is 6.20 Å². The van der Waals surface area contributed by atoms with E-state index in [2.05, 4.69) is 10.3 Å². The van der Waals surface area contributed by atoms with E-state index >= 15 is 0 Å². The molecule has 1 heterocycles. The van der Waals surface area contributed by atoms with Crippen LogP contribution in [0, 0.1) is 5.92 Å². The lowest BCUT2D eigenvalue weighted by Crippen LogP contribution is -2.08. The van der Waals surface area contributed by atoms with Gasteiger partial charge in [0.15, 0.2) is 0 Å². The van der Waals surface area contributed by atoms with Gasteiger partial charge in [0.05, 0.1) is 17.4 Å². The molecule has 1 aromatic heterocycles. The van der Waals surface area contributed by atoms with Gasteiger partial charge in [-0.3, -0.25) is 4.98 Å². The van der Waals surface area contributed by atoms with Crippen molar-refractivity contribution in [1.82, 2.24) is 4.98 Å². The molecule has 0 amide bonds. The normalized spacial score (nSPS) is 14.9. The van der Waals surface area contributed by atoms with Crippen LogP contribution < -0.4 is 5.32 Å². The zero-order valence-corrected chi connectivity index (χ0v) is 8.44. The summed E-state index contributed by atoms with van der Waals surface area (Å²) in [5.74, 6) is -0.0613. The maximum atomic E-state index is 10.9. The van der Waals surface area contributed by atoms with Crippen LogP contribution in [0.4, 0.5) is 5.69 Å². The SMILES string of the molecule is O=C(O)c1ccncc1NCCC1CC1. The van der Waals surface area contributed by atoms with Gasteiger partial charge in [0, 0.05) is 12.7 Å².